The zero-order valence-corrected chi connectivity index (χ0v) is 23.0. The molecule has 0 aliphatic rings. The number of rotatable bonds is 11. The number of thioether (sulfide) groups is 2. The summed E-state index contributed by atoms with van der Waals surface area (Å²) in [6.07, 6.45) is 3.58. The van der Waals surface area contributed by atoms with Crippen molar-refractivity contribution in [2.24, 2.45) is 5.10 Å². The van der Waals surface area contributed by atoms with Crippen LogP contribution in [0.25, 0.3) is 0 Å². The Bertz CT molecular complexity index is 1400. The fourth-order valence-corrected chi connectivity index (χ4v) is 4.84. The maximum absolute atomic E-state index is 12.4. The minimum atomic E-state index is -0.165. The monoisotopic (exact) mass is 597 g/mol. The van der Waals surface area contributed by atoms with Crippen LogP contribution >= 0.6 is 39.5 Å². The summed E-state index contributed by atoms with van der Waals surface area (Å²) in [7, 11) is 0. The molecule has 4 rings (SSSR count). The number of halogens is 1. The van der Waals surface area contributed by atoms with E-state index in [1.54, 1.807) is 18.0 Å². The molecule has 4 N–H and O–H groups in total. The average molecular weight is 599 g/mol. The van der Waals surface area contributed by atoms with Gasteiger partial charge in [-0.25, -0.2) is 10.1 Å². The number of nitrogen functional groups attached to an aromatic ring is 1. The number of nitrogens with zero attached hydrogens (tertiary/aromatic N) is 4. The Kier molecular flexibility index (Phi) is 9.46. The van der Waals surface area contributed by atoms with Crippen molar-refractivity contribution in [1.82, 2.24) is 14.9 Å². The third kappa shape index (κ3) is 7.51. The van der Waals surface area contributed by atoms with Crippen molar-refractivity contribution in [2.45, 2.75) is 16.7 Å². The Hall–Kier alpha value is -3.48. The van der Waals surface area contributed by atoms with E-state index in [2.05, 4.69) is 42.0 Å². The largest absolute Gasteiger partial charge is 0.488 e. The second-order valence-corrected chi connectivity index (χ2v) is 10.2. The van der Waals surface area contributed by atoms with Crippen molar-refractivity contribution < 1.29 is 9.53 Å². The van der Waals surface area contributed by atoms with Gasteiger partial charge in [-0.2, -0.15) is 5.10 Å². The van der Waals surface area contributed by atoms with Crippen LogP contribution in [0.5, 0.6) is 5.75 Å². The number of benzene rings is 3. The van der Waals surface area contributed by atoms with Crippen molar-refractivity contribution in [3.05, 3.63) is 88.4 Å². The van der Waals surface area contributed by atoms with Crippen LogP contribution in [-0.2, 0) is 11.4 Å². The molecule has 0 aliphatic carbocycles. The fourth-order valence-electron chi connectivity index (χ4n) is 3.18. The summed E-state index contributed by atoms with van der Waals surface area (Å²) in [4.78, 5) is 13.4. The van der Waals surface area contributed by atoms with Gasteiger partial charge in [-0.1, -0.05) is 64.1 Å². The summed E-state index contributed by atoms with van der Waals surface area (Å²) in [5.74, 6) is 6.98. The smallest absolute Gasteiger partial charge is 0.264 e. The molecule has 12 heteroatoms. The first-order chi connectivity index (χ1) is 18.0. The van der Waals surface area contributed by atoms with Gasteiger partial charge in [0.25, 0.3) is 5.95 Å². The number of nitrogens with one attached hydrogen (secondary N) is 2. The van der Waals surface area contributed by atoms with E-state index in [-0.39, 0.29) is 17.6 Å². The quantitative estimate of drug-likeness (QED) is 0.0930. The minimum Gasteiger partial charge on any atom is -0.488 e. The lowest BCUT2D eigenvalue weighted by atomic mass is 10.2. The van der Waals surface area contributed by atoms with E-state index in [0.717, 1.165) is 26.2 Å². The van der Waals surface area contributed by atoms with Gasteiger partial charge in [-0.15, -0.1) is 22.0 Å². The lowest BCUT2D eigenvalue weighted by Crippen LogP contribution is -2.17. The molecule has 0 bridgehead atoms. The normalized spacial score (nSPS) is 11.0. The van der Waals surface area contributed by atoms with Gasteiger partial charge in [0.2, 0.25) is 11.1 Å². The molecule has 3 aromatic carbocycles. The van der Waals surface area contributed by atoms with E-state index in [0.29, 0.717) is 17.5 Å². The van der Waals surface area contributed by atoms with Crippen molar-refractivity contribution >= 4 is 63.2 Å². The molecule has 0 atom stereocenters. The van der Waals surface area contributed by atoms with Crippen LogP contribution in [-0.4, -0.2) is 39.0 Å². The Labute approximate surface area is 231 Å². The number of anilines is 2. The van der Waals surface area contributed by atoms with Crippen LogP contribution in [0.3, 0.4) is 0 Å². The van der Waals surface area contributed by atoms with Gasteiger partial charge in [0.05, 0.1) is 17.7 Å². The Morgan fingerprint density at radius 2 is 1.95 bits per heavy atom. The summed E-state index contributed by atoms with van der Waals surface area (Å²) in [6.45, 7) is 0.422. The number of ether oxygens (including phenoxy) is 1. The SMILES string of the molecule is CSc1ccccc1NC(=O)CSc1nnc(N/N=C/c2ccccc2OCc2cccc(Br)c2)n1N. The summed E-state index contributed by atoms with van der Waals surface area (Å²) in [5, 5.41) is 15.6. The molecule has 0 aliphatic heterocycles. The van der Waals surface area contributed by atoms with Crippen LogP contribution in [0.15, 0.2) is 92.4 Å². The Balaban J connectivity index is 1.32. The lowest BCUT2D eigenvalue weighted by molar-refractivity contribution is -0.113. The van der Waals surface area contributed by atoms with Gasteiger partial charge < -0.3 is 15.9 Å². The molecule has 0 saturated heterocycles. The van der Waals surface area contributed by atoms with Crippen LogP contribution in [0.2, 0.25) is 0 Å². The number of carbonyl (C=O) groups is 1. The van der Waals surface area contributed by atoms with E-state index in [1.165, 1.54) is 16.4 Å². The Morgan fingerprint density at radius 1 is 1.14 bits per heavy atom. The molecule has 0 spiro atoms. The molecule has 37 heavy (non-hydrogen) atoms. The van der Waals surface area contributed by atoms with E-state index < -0.39 is 0 Å². The van der Waals surface area contributed by atoms with Crippen molar-refractivity contribution in [1.29, 1.82) is 0 Å². The van der Waals surface area contributed by atoms with Gasteiger partial charge >= 0.3 is 0 Å². The lowest BCUT2D eigenvalue weighted by Gasteiger charge is -2.09. The first-order valence-corrected chi connectivity index (χ1v) is 14.1. The molecule has 1 aromatic heterocycles. The Morgan fingerprint density at radius 3 is 2.78 bits per heavy atom. The third-order valence-electron chi connectivity index (χ3n) is 4.95. The first kappa shape index (κ1) is 26.6. The zero-order valence-electron chi connectivity index (χ0n) is 19.8. The molecule has 1 amide bonds. The number of hydrogen-bond acceptors (Lipinski definition) is 9. The third-order valence-corrected chi connectivity index (χ3v) is 7.18. The molecular weight excluding hydrogens is 574 g/mol. The second-order valence-electron chi connectivity index (χ2n) is 7.54. The van der Waals surface area contributed by atoms with Crippen molar-refractivity contribution in [3.8, 4) is 5.75 Å². The second kappa shape index (κ2) is 13.2. The van der Waals surface area contributed by atoms with Gasteiger partial charge in [0.1, 0.15) is 12.4 Å². The van der Waals surface area contributed by atoms with Crippen LogP contribution in [0.4, 0.5) is 11.6 Å². The molecule has 0 saturated carbocycles. The topological polar surface area (TPSA) is 119 Å². The highest BCUT2D eigenvalue weighted by Crippen LogP contribution is 2.25. The summed E-state index contributed by atoms with van der Waals surface area (Å²) in [6, 6.07) is 23.1. The van der Waals surface area contributed by atoms with E-state index in [9.17, 15) is 4.79 Å². The number of para-hydroxylation sites is 2. The maximum atomic E-state index is 12.4. The number of aromatic nitrogens is 3. The fraction of sp³-hybridized carbons (Fsp3) is 0.120. The van der Waals surface area contributed by atoms with Crippen LogP contribution in [0.1, 0.15) is 11.1 Å². The first-order valence-electron chi connectivity index (χ1n) is 11.0. The van der Waals surface area contributed by atoms with Crippen LogP contribution < -0.4 is 21.3 Å². The molecular formula is C25H24BrN7O2S2. The molecule has 1 heterocycles. The number of amides is 1. The molecule has 0 radical (unpaired) electrons. The minimum absolute atomic E-state index is 0.129. The highest BCUT2D eigenvalue weighted by atomic mass is 79.9. The van der Waals surface area contributed by atoms with Crippen molar-refractivity contribution in [2.75, 3.05) is 28.6 Å². The van der Waals surface area contributed by atoms with E-state index in [4.69, 9.17) is 10.6 Å². The predicted molar refractivity (Wildman–Crippen MR) is 154 cm³/mol. The summed E-state index contributed by atoms with van der Waals surface area (Å²) < 4.78 is 8.23. The predicted octanol–water partition coefficient (Wildman–Crippen LogP) is 5.23. The van der Waals surface area contributed by atoms with E-state index in [1.807, 2.05) is 79.1 Å². The van der Waals surface area contributed by atoms with Gasteiger partial charge in [0, 0.05) is 14.9 Å². The summed E-state index contributed by atoms with van der Waals surface area (Å²) >= 11 is 6.22. The molecule has 0 fully saturated rings. The van der Waals surface area contributed by atoms with Gasteiger partial charge in [-0.3, -0.25) is 4.79 Å². The zero-order chi connectivity index (χ0) is 26.0. The number of hydrazone groups is 1. The molecule has 4 aromatic rings. The van der Waals surface area contributed by atoms with Crippen LogP contribution in [0, 0.1) is 0 Å². The van der Waals surface area contributed by atoms with Crippen molar-refractivity contribution in [3.63, 3.8) is 0 Å². The highest BCUT2D eigenvalue weighted by Gasteiger charge is 2.13. The highest BCUT2D eigenvalue weighted by molar-refractivity contribution is 9.10. The number of hydrogen-bond donors (Lipinski definition) is 3. The summed E-state index contributed by atoms with van der Waals surface area (Å²) in [5.41, 5.74) is 5.39. The molecule has 0 unspecified atom stereocenters. The average Bonchev–Trinajstić information content (AvgIpc) is 3.26. The maximum Gasteiger partial charge on any atom is 0.264 e. The van der Waals surface area contributed by atoms with E-state index >= 15 is 0 Å². The molecule has 9 nitrogen and oxygen atoms in total. The van der Waals surface area contributed by atoms with Gasteiger partial charge in [-0.05, 0) is 48.2 Å². The van der Waals surface area contributed by atoms with Gasteiger partial charge in [0.15, 0.2) is 0 Å². The molecule has 190 valence electrons. The standard InChI is InChI=1S/C25H24BrN7O2S2/c1-36-22-12-5-3-10-20(22)29-23(34)16-37-25-32-31-24(33(25)27)30-28-14-18-8-2-4-11-21(18)35-15-17-7-6-9-19(26)13-17/h2-14H,15-16,27H2,1H3,(H,29,34)(H,30,31)/b28-14+. The number of nitrogens with two attached hydrogens (primary N) is 1. The number of carbonyl (C=O) groups excluding carboxylic acids is 1.